The number of hydrogen-bond acceptors (Lipinski definition) is 5. The van der Waals surface area contributed by atoms with Crippen LogP contribution in [0.5, 0.6) is 0 Å². The van der Waals surface area contributed by atoms with E-state index in [1.165, 1.54) is 0 Å². The van der Waals surface area contributed by atoms with E-state index in [0.29, 0.717) is 23.6 Å². The summed E-state index contributed by atoms with van der Waals surface area (Å²) in [4.78, 5) is 22.8. The van der Waals surface area contributed by atoms with Crippen molar-refractivity contribution < 1.29 is 18.8 Å². The van der Waals surface area contributed by atoms with Gasteiger partial charge in [-0.2, -0.15) is 0 Å². The minimum Gasteiger partial charge on any atom is -0.460 e. The lowest BCUT2D eigenvalue weighted by Gasteiger charge is -2.22. The maximum atomic E-state index is 12.7. The smallest absolute Gasteiger partial charge is 0.275 e. The highest BCUT2D eigenvalue weighted by Gasteiger charge is 2.19. The maximum absolute atomic E-state index is 12.7. The van der Waals surface area contributed by atoms with Crippen molar-refractivity contribution >= 4 is 16.8 Å². The Kier molecular flexibility index (Phi) is 4.69. The van der Waals surface area contributed by atoms with Gasteiger partial charge in [0.1, 0.15) is 11.5 Å². The number of hydrogen-bond donors (Lipinski definition) is 1. The summed E-state index contributed by atoms with van der Waals surface area (Å²) in [6.07, 6.45) is 2.43. The highest BCUT2D eigenvalue weighted by molar-refractivity contribution is 6.06. The summed E-state index contributed by atoms with van der Waals surface area (Å²) in [5, 5.41) is 0.755. The Morgan fingerprint density at radius 3 is 2.88 bits per heavy atom. The molecule has 1 atom stereocenters. The molecule has 1 aliphatic heterocycles. The monoisotopic (exact) mass is 352 g/mol. The zero-order chi connectivity index (χ0) is 17.9. The molecular weight excluding hydrogens is 332 g/mol. The van der Waals surface area contributed by atoms with E-state index in [-0.39, 0.29) is 5.91 Å². The van der Waals surface area contributed by atoms with Gasteiger partial charge in [0, 0.05) is 18.4 Å². The summed E-state index contributed by atoms with van der Waals surface area (Å²) < 4.78 is 11.1. The molecule has 2 aromatic heterocycles. The van der Waals surface area contributed by atoms with Gasteiger partial charge in [-0.3, -0.25) is 4.79 Å². The molecule has 6 nitrogen and oxygen atoms in total. The molecule has 3 heterocycles. The first-order chi connectivity index (χ1) is 12.7. The van der Waals surface area contributed by atoms with E-state index in [4.69, 9.17) is 14.0 Å². The van der Waals surface area contributed by atoms with Gasteiger partial charge in [-0.15, -0.1) is 0 Å². The summed E-state index contributed by atoms with van der Waals surface area (Å²) in [5.74, 6) is 1.08. The van der Waals surface area contributed by atoms with Gasteiger partial charge in [-0.05, 0) is 44.0 Å². The van der Waals surface area contributed by atoms with Crippen LogP contribution in [0.25, 0.3) is 22.4 Å². The van der Waals surface area contributed by atoms with Crippen LogP contribution in [0.4, 0.5) is 0 Å². The number of hydroxylamine groups is 1. The summed E-state index contributed by atoms with van der Waals surface area (Å²) in [6, 6.07) is 12.9. The summed E-state index contributed by atoms with van der Waals surface area (Å²) >= 11 is 0. The average Bonchev–Trinajstić information content (AvgIpc) is 3.12. The van der Waals surface area contributed by atoms with Crippen LogP contribution < -0.4 is 5.48 Å². The Labute approximate surface area is 151 Å². The van der Waals surface area contributed by atoms with Crippen molar-refractivity contribution in [3.8, 4) is 11.5 Å². The van der Waals surface area contributed by atoms with Crippen molar-refractivity contribution in [2.75, 3.05) is 6.61 Å². The lowest BCUT2D eigenvalue weighted by molar-refractivity contribution is -0.186. The predicted molar refractivity (Wildman–Crippen MR) is 96.3 cm³/mol. The Morgan fingerprint density at radius 2 is 2.12 bits per heavy atom. The van der Waals surface area contributed by atoms with Gasteiger partial charge >= 0.3 is 0 Å². The van der Waals surface area contributed by atoms with E-state index in [2.05, 4.69) is 10.5 Å². The lowest BCUT2D eigenvalue weighted by atomic mass is 10.1. The molecule has 3 aromatic rings. The molecule has 1 aromatic carbocycles. The molecule has 134 valence electrons. The van der Waals surface area contributed by atoms with Gasteiger partial charge in [0.25, 0.3) is 5.91 Å². The van der Waals surface area contributed by atoms with Crippen molar-refractivity contribution in [2.45, 2.75) is 32.5 Å². The van der Waals surface area contributed by atoms with Crippen LogP contribution in [0.15, 0.2) is 46.9 Å². The molecule has 1 amide bonds. The van der Waals surface area contributed by atoms with Gasteiger partial charge in [0.05, 0.1) is 11.1 Å². The molecule has 26 heavy (non-hydrogen) atoms. The number of para-hydroxylation sites is 1. The third kappa shape index (κ3) is 3.47. The van der Waals surface area contributed by atoms with Crippen molar-refractivity contribution in [2.24, 2.45) is 0 Å². The molecule has 0 spiro atoms. The van der Waals surface area contributed by atoms with Crippen LogP contribution in [0, 0.1) is 6.92 Å². The summed E-state index contributed by atoms with van der Waals surface area (Å²) in [5.41, 5.74) is 4.33. The van der Waals surface area contributed by atoms with Gasteiger partial charge in [0.15, 0.2) is 12.1 Å². The van der Waals surface area contributed by atoms with Crippen LogP contribution in [0.2, 0.25) is 0 Å². The predicted octanol–water partition coefficient (Wildman–Crippen LogP) is 3.99. The zero-order valence-electron chi connectivity index (χ0n) is 14.5. The Hall–Kier alpha value is -2.70. The van der Waals surface area contributed by atoms with Crippen molar-refractivity contribution in [3.05, 3.63) is 53.8 Å². The van der Waals surface area contributed by atoms with E-state index in [1.807, 2.05) is 43.3 Å². The van der Waals surface area contributed by atoms with Crippen LogP contribution in [-0.2, 0) is 9.57 Å². The molecular formula is C20H20N2O4. The lowest BCUT2D eigenvalue weighted by Crippen LogP contribution is -2.33. The van der Waals surface area contributed by atoms with Gasteiger partial charge in [-0.25, -0.2) is 15.3 Å². The van der Waals surface area contributed by atoms with Gasteiger partial charge in [0.2, 0.25) is 0 Å². The molecule has 6 heteroatoms. The Bertz CT molecular complexity index is 928. The van der Waals surface area contributed by atoms with Crippen molar-refractivity contribution in [1.29, 1.82) is 0 Å². The normalized spacial score (nSPS) is 17.3. The number of carbonyl (C=O) groups excluding carboxylic acids is 1. The first kappa shape index (κ1) is 16.8. The molecule has 0 bridgehead atoms. The number of pyridine rings is 1. The molecule has 1 N–H and O–H groups in total. The number of rotatable bonds is 4. The fourth-order valence-electron chi connectivity index (χ4n) is 3.04. The molecule has 1 saturated heterocycles. The quantitative estimate of drug-likeness (QED) is 0.719. The van der Waals surface area contributed by atoms with E-state index >= 15 is 0 Å². The first-order valence-corrected chi connectivity index (χ1v) is 8.75. The Balaban J connectivity index is 1.64. The molecule has 0 saturated carbocycles. The number of fused-ring (bicyclic) bond motifs is 1. The third-order valence-corrected chi connectivity index (χ3v) is 4.37. The SMILES string of the molecule is Cc1ccc(-c2cc(C(=O)NO[C@@H]3CCCCO3)c3ccccc3n2)o1. The minimum absolute atomic E-state index is 0.331. The fourth-order valence-corrected chi connectivity index (χ4v) is 3.04. The van der Waals surface area contributed by atoms with E-state index in [1.54, 1.807) is 6.07 Å². The number of aromatic nitrogens is 1. The number of aryl methyl sites for hydroxylation is 1. The topological polar surface area (TPSA) is 73.6 Å². The second-order valence-corrected chi connectivity index (χ2v) is 6.33. The number of furan rings is 1. The fraction of sp³-hybridized carbons (Fsp3) is 0.300. The first-order valence-electron chi connectivity index (χ1n) is 8.75. The van der Waals surface area contributed by atoms with E-state index in [9.17, 15) is 4.79 Å². The maximum Gasteiger partial charge on any atom is 0.275 e. The second kappa shape index (κ2) is 7.27. The molecule has 1 aliphatic rings. The summed E-state index contributed by atoms with van der Waals surface area (Å²) in [6.45, 7) is 2.52. The molecule has 1 fully saturated rings. The van der Waals surface area contributed by atoms with Crippen molar-refractivity contribution in [3.63, 3.8) is 0 Å². The van der Waals surface area contributed by atoms with Crippen LogP contribution >= 0.6 is 0 Å². The molecule has 0 radical (unpaired) electrons. The molecule has 0 unspecified atom stereocenters. The van der Waals surface area contributed by atoms with E-state index in [0.717, 1.165) is 35.9 Å². The third-order valence-electron chi connectivity index (χ3n) is 4.37. The highest BCUT2D eigenvalue weighted by Crippen LogP contribution is 2.26. The number of benzene rings is 1. The van der Waals surface area contributed by atoms with Crippen LogP contribution in [-0.4, -0.2) is 23.8 Å². The van der Waals surface area contributed by atoms with Gasteiger partial charge in [-0.1, -0.05) is 18.2 Å². The number of amides is 1. The molecule has 4 rings (SSSR count). The molecule has 0 aliphatic carbocycles. The minimum atomic E-state index is -0.395. The average molecular weight is 352 g/mol. The van der Waals surface area contributed by atoms with Crippen LogP contribution in [0.3, 0.4) is 0 Å². The number of carbonyl (C=O) groups is 1. The largest absolute Gasteiger partial charge is 0.460 e. The highest BCUT2D eigenvalue weighted by atomic mass is 16.8. The van der Waals surface area contributed by atoms with Crippen LogP contribution in [0.1, 0.15) is 35.4 Å². The van der Waals surface area contributed by atoms with Crippen molar-refractivity contribution in [1.82, 2.24) is 10.5 Å². The van der Waals surface area contributed by atoms with Gasteiger partial charge < -0.3 is 9.15 Å². The Morgan fingerprint density at radius 1 is 1.23 bits per heavy atom. The second-order valence-electron chi connectivity index (χ2n) is 6.33. The summed E-state index contributed by atoms with van der Waals surface area (Å²) in [7, 11) is 0. The number of ether oxygens (including phenoxy) is 1. The number of nitrogens with zero attached hydrogens (tertiary/aromatic N) is 1. The van der Waals surface area contributed by atoms with E-state index < -0.39 is 6.29 Å². The number of nitrogens with one attached hydrogen (secondary N) is 1. The zero-order valence-corrected chi connectivity index (χ0v) is 14.5. The standard InChI is InChI=1S/C20H20N2O4/c1-13-9-10-18(25-13)17-12-15(14-6-2-3-7-16(14)21-17)20(23)22-26-19-8-4-5-11-24-19/h2-3,6-7,9-10,12,19H,4-5,8,11H2,1H3,(H,22,23)/t19-/m1/s1.